The van der Waals surface area contributed by atoms with E-state index in [1.807, 2.05) is 0 Å². The lowest BCUT2D eigenvalue weighted by Crippen LogP contribution is -2.33. The highest BCUT2D eigenvalue weighted by molar-refractivity contribution is 6.31. The Labute approximate surface area is 130 Å². The predicted octanol–water partition coefficient (Wildman–Crippen LogP) is 1.24. The van der Waals surface area contributed by atoms with Gasteiger partial charge in [0.1, 0.15) is 12.4 Å². The van der Waals surface area contributed by atoms with Gasteiger partial charge in [-0.2, -0.15) is 0 Å². The third-order valence-electron chi connectivity index (χ3n) is 2.96. The highest BCUT2D eigenvalue weighted by Gasteiger charge is 2.10. The van der Waals surface area contributed by atoms with Crippen molar-refractivity contribution in [3.8, 4) is 0 Å². The maximum Gasteiger partial charge on any atom is 0.255 e. The number of carbonyl (C=O) groups is 1. The number of hydrogen-bond acceptors (Lipinski definition) is 4. The maximum absolute atomic E-state index is 12.9. The van der Waals surface area contributed by atoms with Crippen molar-refractivity contribution in [2.45, 2.75) is 20.0 Å². The SMILES string of the molecule is Cc1cc(=O)n(CC(=O)NCc2ccc(F)cc2Cl)c(N)n1. The molecule has 2 rings (SSSR count). The number of nitrogen functional groups attached to an aromatic ring is 1. The zero-order chi connectivity index (χ0) is 16.3. The normalized spacial score (nSPS) is 10.5. The monoisotopic (exact) mass is 324 g/mol. The standard InChI is InChI=1S/C14H14ClFN4O2/c1-8-4-13(22)20(14(17)19-8)7-12(21)18-6-9-2-3-10(16)5-11(9)15/h2-5H,6-7H2,1H3,(H2,17,19)(H,18,21). The van der Waals surface area contributed by atoms with Gasteiger partial charge in [0.25, 0.3) is 5.56 Å². The minimum Gasteiger partial charge on any atom is -0.369 e. The van der Waals surface area contributed by atoms with Gasteiger partial charge in [-0.25, -0.2) is 9.37 Å². The van der Waals surface area contributed by atoms with E-state index in [9.17, 15) is 14.0 Å². The van der Waals surface area contributed by atoms with Crippen LogP contribution in [0.5, 0.6) is 0 Å². The summed E-state index contributed by atoms with van der Waals surface area (Å²) >= 11 is 5.86. The molecule has 0 radical (unpaired) electrons. The molecular formula is C14H14ClFN4O2. The van der Waals surface area contributed by atoms with Gasteiger partial charge in [0, 0.05) is 23.3 Å². The first-order valence-corrected chi connectivity index (χ1v) is 6.79. The number of amides is 1. The van der Waals surface area contributed by atoms with E-state index in [4.69, 9.17) is 17.3 Å². The molecule has 3 N–H and O–H groups in total. The Balaban J connectivity index is 2.03. The van der Waals surface area contributed by atoms with Crippen LogP contribution in [-0.4, -0.2) is 15.5 Å². The van der Waals surface area contributed by atoms with E-state index in [2.05, 4.69) is 10.3 Å². The fourth-order valence-corrected chi connectivity index (χ4v) is 2.09. The number of nitrogens with one attached hydrogen (secondary N) is 1. The summed E-state index contributed by atoms with van der Waals surface area (Å²) in [7, 11) is 0. The van der Waals surface area contributed by atoms with Gasteiger partial charge in [-0.3, -0.25) is 14.2 Å². The highest BCUT2D eigenvalue weighted by Crippen LogP contribution is 2.16. The molecule has 0 saturated carbocycles. The molecule has 1 amide bonds. The van der Waals surface area contributed by atoms with Crippen LogP contribution in [0, 0.1) is 12.7 Å². The summed E-state index contributed by atoms with van der Waals surface area (Å²) in [5, 5.41) is 2.80. The molecule has 0 aliphatic heterocycles. The first-order valence-electron chi connectivity index (χ1n) is 6.41. The first kappa shape index (κ1) is 16.0. The molecule has 0 bridgehead atoms. The summed E-state index contributed by atoms with van der Waals surface area (Å²) < 4.78 is 14.0. The molecule has 6 nitrogen and oxygen atoms in total. The Morgan fingerprint density at radius 1 is 1.45 bits per heavy atom. The number of aryl methyl sites for hydroxylation is 1. The van der Waals surface area contributed by atoms with Crippen molar-refractivity contribution in [3.63, 3.8) is 0 Å². The van der Waals surface area contributed by atoms with Crippen LogP contribution in [0.15, 0.2) is 29.1 Å². The van der Waals surface area contributed by atoms with Crippen molar-refractivity contribution in [2.75, 3.05) is 5.73 Å². The highest BCUT2D eigenvalue weighted by atomic mass is 35.5. The van der Waals surface area contributed by atoms with Crippen molar-refractivity contribution in [2.24, 2.45) is 0 Å². The van der Waals surface area contributed by atoms with Crippen molar-refractivity contribution >= 4 is 23.5 Å². The van der Waals surface area contributed by atoms with Gasteiger partial charge in [0.2, 0.25) is 11.9 Å². The molecule has 22 heavy (non-hydrogen) atoms. The van der Waals surface area contributed by atoms with Gasteiger partial charge in [-0.1, -0.05) is 17.7 Å². The second kappa shape index (κ2) is 6.57. The van der Waals surface area contributed by atoms with Crippen LogP contribution in [0.1, 0.15) is 11.3 Å². The van der Waals surface area contributed by atoms with E-state index in [-0.39, 0.29) is 24.1 Å². The fraction of sp³-hybridized carbons (Fsp3) is 0.214. The number of halogens is 2. The molecule has 1 heterocycles. The third kappa shape index (κ3) is 3.82. The number of hydrogen-bond donors (Lipinski definition) is 2. The summed E-state index contributed by atoms with van der Waals surface area (Å²) in [6.07, 6.45) is 0. The van der Waals surface area contributed by atoms with Gasteiger partial charge < -0.3 is 11.1 Å². The fourth-order valence-electron chi connectivity index (χ4n) is 1.86. The van der Waals surface area contributed by atoms with Crippen LogP contribution in [0.25, 0.3) is 0 Å². The average Bonchev–Trinajstić information content (AvgIpc) is 2.42. The van der Waals surface area contributed by atoms with Crippen LogP contribution in [0.2, 0.25) is 5.02 Å². The van der Waals surface area contributed by atoms with E-state index >= 15 is 0 Å². The van der Waals surface area contributed by atoms with Crippen molar-refractivity contribution in [1.29, 1.82) is 0 Å². The van der Waals surface area contributed by atoms with E-state index in [1.54, 1.807) is 6.92 Å². The molecule has 1 aromatic carbocycles. The zero-order valence-corrected chi connectivity index (χ0v) is 12.5. The maximum atomic E-state index is 12.9. The molecule has 0 fully saturated rings. The van der Waals surface area contributed by atoms with Crippen LogP contribution in [0.3, 0.4) is 0 Å². The molecule has 2 aromatic rings. The van der Waals surface area contributed by atoms with E-state index in [0.717, 1.165) is 10.6 Å². The summed E-state index contributed by atoms with van der Waals surface area (Å²) in [6.45, 7) is 1.50. The second-order valence-electron chi connectivity index (χ2n) is 4.69. The minimum absolute atomic E-state index is 0.0278. The van der Waals surface area contributed by atoms with E-state index in [1.165, 1.54) is 18.2 Å². The van der Waals surface area contributed by atoms with E-state index < -0.39 is 17.3 Å². The Morgan fingerprint density at radius 3 is 2.82 bits per heavy atom. The molecule has 0 atom stereocenters. The molecule has 0 aliphatic carbocycles. The van der Waals surface area contributed by atoms with Gasteiger partial charge >= 0.3 is 0 Å². The Hall–Kier alpha value is -2.41. The summed E-state index contributed by atoms with van der Waals surface area (Å²) in [6, 6.07) is 5.18. The molecule has 8 heteroatoms. The van der Waals surface area contributed by atoms with E-state index in [0.29, 0.717) is 11.3 Å². The molecule has 0 aliphatic rings. The quantitative estimate of drug-likeness (QED) is 0.885. The predicted molar refractivity (Wildman–Crippen MR) is 80.9 cm³/mol. The summed E-state index contributed by atoms with van der Waals surface area (Å²) in [4.78, 5) is 27.6. The van der Waals surface area contributed by atoms with Crippen molar-refractivity contribution < 1.29 is 9.18 Å². The average molecular weight is 325 g/mol. The summed E-state index contributed by atoms with van der Waals surface area (Å²) in [5.41, 5.74) is 6.28. The molecule has 0 spiro atoms. The number of anilines is 1. The number of nitrogens with two attached hydrogens (primary N) is 1. The zero-order valence-electron chi connectivity index (χ0n) is 11.8. The lowest BCUT2D eigenvalue weighted by Gasteiger charge is -2.10. The lowest BCUT2D eigenvalue weighted by atomic mass is 10.2. The minimum atomic E-state index is -0.454. The Kier molecular flexibility index (Phi) is 4.77. The smallest absolute Gasteiger partial charge is 0.255 e. The van der Waals surface area contributed by atoms with Gasteiger partial charge in [0.05, 0.1) is 0 Å². The molecule has 0 saturated heterocycles. The second-order valence-corrected chi connectivity index (χ2v) is 5.10. The summed E-state index contributed by atoms with van der Waals surface area (Å²) in [5.74, 6) is -0.912. The lowest BCUT2D eigenvalue weighted by molar-refractivity contribution is -0.121. The number of benzene rings is 1. The third-order valence-corrected chi connectivity index (χ3v) is 3.31. The van der Waals surface area contributed by atoms with Crippen molar-refractivity contribution in [3.05, 3.63) is 56.7 Å². The molecule has 116 valence electrons. The topological polar surface area (TPSA) is 90.0 Å². The van der Waals surface area contributed by atoms with Crippen LogP contribution >= 0.6 is 11.6 Å². The number of rotatable bonds is 4. The molecular weight excluding hydrogens is 311 g/mol. The number of aromatic nitrogens is 2. The number of nitrogens with zero attached hydrogens (tertiary/aromatic N) is 2. The molecule has 1 aromatic heterocycles. The first-order chi connectivity index (χ1) is 10.4. The largest absolute Gasteiger partial charge is 0.369 e. The van der Waals surface area contributed by atoms with Gasteiger partial charge in [0.15, 0.2) is 0 Å². The van der Waals surface area contributed by atoms with Crippen LogP contribution < -0.4 is 16.6 Å². The van der Waals surface area contributed by atoms with Crippen LogP contribution in [-0.2, 0) is 17.9 Å². The Morgan fingerprint density at radius 2 is 2.18 bits per heavy atom. The van der Waals surface area contributed by atoms with Crippen LogP contribution in [0.4, 0.5) is 10.3 Å². The van der Waals surface area contributed by atoms with Gasteiger partial charge in [-0.15, -0.1) is 0 Å². The molecule has 0 unspecified atom stereocenters. The van der Waals surface area contributed by atoms with Gasteiger partial charge in [-0.05, 0) is 24.6 Å². The Bertz CT molecular complexity index is 776. The number of carbonyl (C=O) groups excluding carboxylic acids is 1. The van der Waals surface area contributed by atoms with Crippen molar-refractivity contribution in [1.82, 2.24) is 14.9 Å².